The molecule has 0 spiro atoms. The third kappa shape index (κ3) is 10.5. The number of nitrogens with zero attached hydrogens (tertiary/aromatic N) is 1. The number of hydrogen-bond acceptors (Lipinski definition) is 8. The number of H-pyrrole nitrogens is 1. The number of likely N-dealkylation sites (tertiary alicyclic amines) is 1. The van der Waals surface area contributed by atoms with Crippen LogP contribution in [0.5, 0.6) is 0 Å². The molecule has 0 aliphatic carbocycles. The van der Waals surface area contributed by atoms with Crippen LogP contribution >= 0.6 is 0 Å². The van der Waals surface area contributed by atoms with Gasteiger partial charge >= 0.3 is 5.97 Å². The smallest absolute Gasteiger partial charge is 0.326 e. The van der Waals surface area contributed by atoms with Gasteiger partial charge in [0, 0.05) is 30.1 Å². The number of nitrogens with one attached hydrogen (secondary N) is 5. The van der Waals surface area contributed by atoms with Gasteiger partial charge < -0.3 is 47.7 Å². The molecule has 5 atom stereocenters. The van der Waals surface area contributed by atoms with Gasteiger partial charge in [0.25, 0.3) is 0 Å². The normalized spacial score (nSPS) is 16.9. The largest absolute Gasteiger partial charge is 0.480 e. The van der Waals surface area contributed by atoms with Gasteiger partial charge in [0.2, 0.25) is 35.4 Å². The quantitative estimate of drug-likeness (QED) is 0.104. The zero-order valence-corrected chi connectivity index (χ0v) is 28.3. The lowest BCUT2D eigenvalue weighted by Gasteiger charge is -2.31. The number of carbonyl (C=O) groups is 7. The first-order chi connectivity index (χ1) is 23.1. The molecule has 16 heteroatoms. The minimum Gasteiger partial charge on any atom is -0.480 e. The molecule has 1 aliphatic rings. The van der Waals surface area contributed by atoms with Crippen LogP contribution < -0.4 is 32.7 Å². The summed E-state index contributed by atoms with van der Waals surface area (Å²) in [6.45, 7) is 6.94. The molecule has 268 valence electrons. The number of aromatic amines is 1. The number of aliphatic carboxylic acids is 1. The number of benzene rings is 1. The van der Waals surface area contributed by atoms with E-state index >= 15 is 0 Å². The van der Waals surface area contributed by atoms with Gasteiger partial charge in [0.1, 0.15) is 30.2 Å². The monoisotopic (exact) mass is 684 g/mol. The molecule has 6 amide bonds. The minimum absolute atomic E-state index is 0.0373. The van der Waals surface area contributed by atoms with Crippen LogP contribution in [-0.4, -0.2) is 99.7 Å². The Hall–Kier alpha value is -4.99. The molecular weight excluding hydrogens is 636 g/mol. The zero-order chi connectivity index (χ0) is 36.4. The molecule has 1 aromatic heterocycles. The number of carbonyl (C=O) groups excluding carboxylic acids is 6. The van der Waals surface area contributed by atoms with Crippen molar-refractivity contribution in [2.24, 2.45) is 23.3 Å². The summed E-state index contributed by atoms with van der Waals surface area (Å²) in [4.78, 5) is 94.5. The van der Waals surface area contributed by atoms with E-state index in [-0.39, 0.29) is 25.3 Å². The van der Waals surface area contributed by atoms with E-state index in [0.717, 1.165) is 10.9 Å². The average molecular weight is 685 g/mol. The standard InChI is InChI=1S/C33H48N8O8/c1-17(2)12-22(31(46)40-28(18(3)4)32(47)41-11-7-10-25(41)33(48)49)38-29(44)23(13-19-16-36-21-9-6-5-8-20(19)21)39-30(45)24(14-26(35)42)37-27(43)15-34/h5-6,8-9,16-18,22-25,28,36H,7,10-15,34H2,1-4H3,(H2,35,42)(H,37,43)(H,38,44)(H,39,45)(H,40,46)(H,48,49)/t22-,23-,24-,25-,28-/m0/s1. The summed E-state index contributed by atoms with van der Waals surface area (Å²) < 4.78 is 0. The molecule has 1 aromatic carbocycles. The van der Waals surface area contributed by atoms with Gasteiger partial charge in [-0.3, -0.25) is 28.8 Å². The SMILES string of the molecule is CC(C)C[C@H](NC(=O)[C@H](Cc1c[nH]c2ccccc12)NC(=O)[C@H](CC(N)=O)NC(=O)CN)C(=O)N[C@H](C(=O)N1CCC[C@H]1C(=O)O)C(C)C. The van der Waals surface area contributed by atoms with Crippen LogP contribution in [0.3, 0.4) is 0 Å². The van der Waals surface area contributed by atoms with Gasteiger partial charge in [0.05, 0.1) is 13.0 Å². The molecule has 10 N–H and O–H groups in total. The van der Waals surface area contributed by atoms with Crippen molar-refractivity contribution in [2.45, 2.75) is 90.0 Å². The molecular formula is C33H48N8O8. The maximum Gasteiger partial charge on any atom is 0.326 e. The third-order valence-corrected chi connectivity index (χ3v) is 8.37. The summed E-state index contributed by atoms with van der Waals surface area (Å²) >= 11 is 0. The first-order valence-corrected chi connectivity index (χ1v) is 16.4. The first-order valence-electron chi connectivity index (χ1n) is 16.4. The van der Waals surface area contributed by atoms with Crippen molar-refractivity contribution in [3.8, 4) is 0 Å². The second-order valence-electron chi connectivity index (χ2n) is 13.1. The number of primary amides is 1. The minimum atomic E-state index is -1.42. The Morgan fingerprint density at radius 1 is 0.918 bits per heavy atom. The van der Waals surface area contributed by atoms with E-state index in [1.807, 2.05) is 38.1 Å². The second kappa shape index (κ2) is 17.4. The molecule has 2 aromatic rings. The van der Waals surface area contributed by atoms with Crippen molar-refractivity contribution in [1.82, 2.24) is 31.2 Å². The molecule has 1 aliphatic heterocycles. The van der Waals surface area contributed by atoms with Gasteiger partial charge in [-0.1, -0.05) is 45.9 Å². The average Bonchev–Trinajstić information content (AvgIpc) is 3.69. The summed E-state index contributed by atoms with van der Waals surface area (Å²) in [5.74, 6) is -5.98. The number of aromatic nitrogens is 1. The molecule has 0 saturated carbocycles. The van der Waals surface area contributed by atoms with Crippen LogP contribution in [0.4, 0.5) is 0 Å². The van der Waals surface area contributed by atoms with E-state index in [4.69, 9.17) is 11.5 Å². The fourth-order valence-electron chi connectivity index (χ4n) is 5.87. The van der Waals surface area contributed by atoms with Crippen molar-refractivity contribution in [3.63, 3.8) is 0 Å². The number of fused-ring (bicyclic) bond motifs is 1. The predicted molar refractivity (Wildman–Crippen MR) is 179 cm³/mol. The van der Waals surface area contributed by atoms with E-state index in [0.29, 0.717) is 18.4 Å². The Morgan fingerprint density at radius 2 is 1.55 bits per heavy atom. The summed E-state index contributed by atoms with van der Waals surface area (Å²) in [7, 11) is 0. The Bertz CT molecular complexity index is 1540. The van der Waals surface area contributed by atoms with Crippen molar-refractivity contribution in [3.05, 3.63) is 36.0 Å². The van der Waals surface area contributed by atoms with Crippen molar-refractivity contribution >= 4 is 52.3 Å². The Morgan fingerprint density at radius 3 is 2.16 bits per heavy atom. The lowest BCUT2D eigenvalue weighted by molar-refractivity contribution is -0.150. The van der Waals surface area contributed by atoms with Crippen LogP contribution in [-0.2, 0) is 40.0 Å². The zero-order valence-electron chi connectivity index (χ0n) is 28.3. The van der Waals surface area contributed by atoms with E-state index < -0.39 is 90.5 Å². The Balaban J connectivity index is 1.89. The van der Waals surface area contributed by atoms with E-state index in [2.05, 4.69) is 26.3 Å². The number of rotatable bonds is 17. The molecule has 49 heavy (non-hydrogen) atoms. The summed E-state index contributed by atoms with van der Waals surface area (Å²) in [5.41, 5.74) is 12.1. The van der Waals surface area contributed by atoms with Gasteiger partial charge in [0.15, 0.2) is 0 Å². The number of carboxylic acids is 1. The van der Waals surface area contributed by atoms with Crippen LogP contribution in [0.15, 0.2) is 30.5 Å². The number of nitrogens with two attached hydrogens (primary N) is 2. The molecule has 0 bridgehead atoms. The molecule has 1 fully saturated rings. The van der Waals surface area contributed by atoms with Crippen molar-refractivity contribution < 1.29 is 38.7 Å². The predicted octanol–water partition coefficient (Wildman–Crippen LogP) is -0.739. The second-order valence-corrected chi connectivity index (χ2v) is 13.1. The van der Waals surface area contributed by atoms with Crippen LogP contribution in [0.2, 0.25) is 0 Å². The number of para-hydroxylation sites is 1. The molecule has 3 rings (SSSR count). The van der Waals surface area contributed by atoms with E-state index in [9.17, 15) is 38.7 Å². The first kappa shape index (κ1) is 38.5. The maximum absolute atomic E-state index is 14.0. The van der Waals surface area contributed by atoms with Crippen molar-refractivity contribution in [1.29, 1.82) is 0 Å². The van der Waals surface area contributed by atoms with Crippen LogP contribution in [0, 0.1) is 11.8 Å². The molecule has 1 saturated heterocycles. The molecule has 0 unspecified atom stereocenters. The molecule has 0 radical (unpaired) electrons. The van der Waals surface area contributed by atoms with Gasteiger partial charge in [-0.2, -0.15) is 0 Å². The Labute approximate surface area is 284 Å². The fourth-order valence-corrected chi connectivity index (χ4v) is 5.87. The number of amides is 6. The van der Waals surface area contributed by atoms with Gasteiger partial charge in [-0.15, -0.1) is 0 Å². The summed E-state index contributed by atoms with van der Waals surface area (Å²) in [6, 6.07) is 1.43. The highest BCUT2D eigenvalue weighted by molar-refractivity contribution is 5.98. The lowest BCUT2D eigenvalue weighted by Crippen LogP contribution is -2.60. The van der Waals surface area contributed by atoms with Crippen molar-refractivity contribution in [2.75, 3.05) is 13.1 Å². The van der Waals surface area contributed by atoms with Crippen LogP contribution in [0.25, 0.3) is 10.9 Å². The summed E-state index contributed by atoms with van der Waals surface area (Å²) in [6.07, 6.45) is 2.10. The highest BCUT2D eigenvalue weighted by atomic mass is 16.4. The van der Waals surface area contributed by atoms with Gasteiger partial charge in [-0.05, 0) is 42.7 Å². The molecule has 2 heterocycles. The maximum atomic E-state index is 14.0. The highest BCUT2D eigenvalue weighted by Crippen LogP contribution is 2.22. The van der Waals surface area contributed by atoms with Gasteiger partial charge in [-0.25, -0.2) is 4.79 Å². The highest BCUT2D eigenvalue weighted by Gasteiger charge is 2.40. The van der Waals surface area contributed by atoms with Crippen LogP contribution in [0.1, 0.15) is 58.9 Å². The fraction of sp³-hybridized carbons (Fsp3) is 0.545. The lowest BCUT2D eigenvalue weighted by atomic mass is 9.98. The molecule has 16 nitrogen and oxygen atoms in total. The summed E-state index contributed by atoms with van der Waals surface area (Å²) in [5, 5.41) is 20.8. The Kier molecular flexibility index (Phi) is 13.7. The van der Waals surface area contributed by atoms with E-state index in [1.54, 1.807) is 20.0 Å². The third-order valence-electron chi connectivity index (χ3n) is 8.37. The number of carboxylic acid groups (broad SMARTS) is 1. The van der Waals surface area contributed by atoms with E-state index in [1.165, 1.54) is 4.90 Å². The topological polar surface area (TPSA) is 259 Å². The number of hydrogen-bond donors (Lipinski definition) is 8.